The van der Waals surface area contributed by atoms with Gasteiger partial charge >= 0.3 is 6.09 Å². The number of nitrogens with one attached hydrogen (secondary N) is 1. The number of carbonyl (C=O) groups is 1. The Bertz CT molecular complexity index is 1070. The SMILES string of the molecule is Cl.O=C(NCCCCN1CCN(c2cccc(Cl)c2Cl)CC1)Oc1ccc(-c2ccccc2)cc1. The number of nitrogens with zero attached hydrogens (tertiary/aromatic N) is 2. The van der Waals surface area contributed by atoms with Crippen LogP contribution in [0.1, 0.15) is 12.8 Å². The Morgan fingerprint density at radius 2 is 1.51 bits per heavy atom. The Morgan fingerprint density at radius 3 is 2.23 bits per heavy atom. The van der Waals surface area contributed by atoms with Gasteiger partial charge in [0.1, 0.15) is 5.75 Å². The predicted molar refractivity (Wildman–Crippen MR) is 148 cm³/mol. The van der Waals surface area contributed by atoms with Crippen LogP contribution >= 0.6 is 35.6 Å². The summed E-state index contributed by atoms with van der Waals surface area (Å²) in [4.78, 5) is 16.8. The van der Waals surface area contributed by atoms with Gasteiger partial charge in [-0.3, -0.25) is 4.90 Å². The smallest absolute Gasteiger partial charge is 0.410 e. The third-order valence-corrected chi connectivity index (χ3v) is 6.80. The molecule has 1 fully saturated rings. The van der Waals surface area contributed by atoms with Crippen LogP contribution in [0.15, 0.2) is 72.8 Å². The van der Waals surface area contributed by atoms with E-state index in [1.54, 1.807) is 0 Å². The fourth-order valence-electron chi connectivity index (χ4n) is 4.09. The van der Waals surface area contributed by atoms with Crippen LogP contribution in [0.25, 0.3) is 11.1 Å². The average Bonchev–Trinajstić information content (AvgIpc) is 2.87. The molecule has 35 heavy (non-hydrogen) atoms. The van der Waals surface area contributed by atoms with E-state index < -0.39 is 6.09 Å². The number of halogens is 3. The third-order valence-electron chi connectivity index (χ3n) is 5.99. The van der Waals surface area contributed by atoms with Crippen molar-refractivity contribution in [1.82, 2.24) is 10.2 Å². The molecule has 3 aromatic rings. The molecule has 0 aromatic heterocycles. The lowest BCUT2D eigenvalue weighted by molar-refractivity contribution is 0.199. The number of benzene rings is 3. The van der Waals surface area contributed by atoms with Crippen LogP contribution in [-0.2, 0) is 0 Å². The summed E-state index contributed by atoms with van der Waals surface area (Å²) in [6, 6.07) is 23.4. The number of piperazine rings is 1. The van der Waals surface area contributed by atoms with Gasteiger partial charge in [-0.25, -0.2) is 4.79 Å². The van der Waals surface area contributed by atoms with Gasteiger partial charge in [-0.2, -0.15) is 0 Å². The molecule has 1 aliphatic heterocycles. The second-order valence-electron chi connectivity index (χ2n) is 8.32. The number of ether oxygens (including phenoxy) is 1. The Morgan fingerprint density at radius 1 is 0.829 bits per heavy atom. The summed E-state index contributed by atoms with van der Waals surface area (Å²) < 4.78 is 5.39. The van der Waals surface area contributed by atoms with E-state index in [2.05, 4.69) is 27.2 Å². The number of carbonyl (C=O) groups excluding carboxylic acids is 1. The van der Waals surface area contributed by atoms with Gasteiger partial charge in [-0.15, -0.1) is 12.4 Å². The fourth-order valence-corrected chi connectivity index (χ4v) is 4.50. The molecule has 0 spiro atoms. The van der Waals surface area contributed by atoms with Crippen LogP contribution in [0.3, 0.4) is 0 Å². The maximum absolute atomic E-state index is 12.1. The first-order valence-corrected chi connectivity index (χ1v) is 12.4. The van der Waals surface area contributed by atoms with Crippen LogP contribution in [-0.4, -0.2) is 50.3 Å². The molecule has 0 saturated carbocycles. The molecule has 0 atom stereocenters. The molecule has 0 bridgehead atoms. The van der Waals surface area contributed by atoms with Gasteiger partial charge in [0.25, 0.3) is 0 Å². The summed E-state index contributed by atoms with van der Waals surface area (Å²) >= 11 is 12.5. The van der Waals surface area contributed by atoms with Crippen molar-refractivity contribution in [1.29, 1.82) is 0 Å². The van der Waals surface area contributed by atoms with Gasteiger partial charge < -0.3 is 15.0 Å². The number of amides is 1. The second kappa shape index (κ2) is 13.6. The number of unbranched alkanes of at least 4 members (excludes halogenated alkanes) is 1. The van der Waals surface area contributed by atoms with Crippen molar-refractivity contribution < 1.29 is 9.53 Å². The van der Waals surface area contributed by atoms with Crippen molar-refractivity contribution >= 4 is 47.4 Å². The van der Waals surface area contributed by atoms with Crippen molar-refractivity contribution in [3.05, 3.63) is 82.8 Å². The highest BCUT2D eigenvalue weighted by molar-refractivity contribution is 6.43. The lowest BCUT2D eigenvalue weighted by Crippen LogP contribution is -2.46. The summed E-state index contributed by atoms with van der Waals surface area (Å²) in [5.74, 6) is 0.537. The molecular weight excluding hydrogens is 505 g/mol. The first kappa shape index (κ1) is 27.2. The highest BCUT2D eigenvalue weighted by atomic mass is 35.5. The van der Waals surface area contributed by atoms with Gasteiger partial charge in [-0.05, 0) is 54.8 Å². The van der Waals surface area contributed by atoms with Crippen molar-refractivity contribution in [3.63, 3.8) is 0 Å². The van der Waals surface area contributed by atoms with Crippen LogP contribution in [0.2, 0.25) is 10.0 Å². The molecule has 0 unspecified atom stereocenters. The predicted octanol–water partition coefficient (Wildman–Crippen LogP) is 6.77. The van der Waals surface area contributed by atoms with Gasteiger partial charge in [0, 0.05) is 32.7 Å². The molecule has 186 valence electrons. The molecule has 3 aromatic carbocycles. The topological polar surface area (TPSA) is 44.8 Å². The summed E-state index contributed by atoms with van der Waals surface area (Å²) in [5, 5.41) is 4.06. The molecule has 1 saturated heterocycles. The summed E-state index contributed by atoms with van der Waals surface area (Å²) in [5.41, 5.74) is 3.23. The zero-order valence-corrected chi connectivity index (χ0v) is 21.8. The monoisotopic (exact) mass is 533 g/mol. The highest BCUT2D eigenvalue weighted by Crippen LogP contribution is 2.32. The van der Waals surface area contributed by atoms with Crippen molar-refractivity contribution in [2.45, 2.75) is 12.8 Å². The molecule has 0 aliphatic carbocycles. The number of anilines is 1. The number of hydrogen-bond donors (Lipinski definition) is 1. The first-order valence-electron chi connectivity index (χ1n) is 11.6. The number of rotatable bonds is 8. The van der Waals surface area contributed by atoms with Crippen LogP contribution < -0.4 is 15.0 Å². The van der Waals surface area contributed by atoms with Gasteiger partial charge in [0.2, 0.25) is 0 Å². The molecule has 1 amide bonds. The Balaban J connectivity index is 0.00000342. The lowest BCUT2D eigenvalue weighted by Gasteiger charge is -2.36. The number of hydrogen-bond acceptors (Lipinski definition) is 4. The molecule has 0 radical (unpaired) electrons. The molecule has 1 heterocycles. The average molecular weight is 535 g/mol. The van der Waals surface area contributed by atoms with E-state index in [0.29, 0.717) is 22.3 Å². The van der Waals surface area contributed by atoms with Gasteiger partial charge in [0.15, 0.2) is 0 Å². The van der Waals surface area contributed by atoms with E-state index >= 15 is 0 Å². The van der Waals surface area contributed by atoms with Crippen LogP contribution in [0.4, 0.5) is 10.5 Å². The Hall–Kier alpha value is -2.44. The molecule has 5 nitrogen and oxygen atoms in total. The minimum Gasteiger partial charge on any atom is -0.410 e. The van der Waals surface area contributed by atoms with Crippen molar-refractivity contribution in [2.24, 2.45) is 0 Å². The van der Waals surface area contributed by atoms with Crippen LogP contribution in [0, 0.1) is 0 Å². The summed E-state index contributed by atoms with van der Waals surface area (Å²) in [7, 11) is 0. The van der Waals surface area contributed by atoms with Crippen LogP contribution in [0.5, 0.6) is 5.75 Å². The standard InChI is InChI=1S/C27H29Cl2N3O2.ClH/c28-24-9-6-10-25(26(24)29)32-19-17-31(18-20-32)16-5-4-15-30-27(33)34-23-13-11-22(12-14-23)21-7-2-1-3-8-21;/h1-3,6-14H,4-5,15-20H2,(H,30,33);1H. The normalized spacial score (nSPS) is 13.7. The molecule has 1 N–H and O–H groups in total. The van der Waals surface area contributed by atoms with E-state index in [0.717, 1.165) is 62.4 Å². The fraction of sp³-hybridized carbons (Fsp3) is 0.296. The van der Waals surface area contributed by atoms with Crippen molar-refractivity contribution in [2.75, 3.05) is 44.2 Å². The van der Waals surface area contributed by atoms with E-state index in [1.165, 1.54) is 0 Å². The third kappa shape index (κ3) is 7.77. The van der Waals surface area contributed by atoms with E-state index in [4.69, 9.17) is 27.9 Å². The minimum absolute atomic E-state index is 0. The summed E-state index contributed by atoms with van der Waals surface area (Å²) in [6.45, 7) is 5.42. The quantitative estimate of drug-likeness (QED) is 0.324. The lowest BCUT2D eigenvalue weighted by atomic mass is 10.1. The molecule has 8 heteroatoms. The largest absolute Gasteiger partial charge is 0.412 e. The first-order chi connectivity index (χ1) is 16.6. The molecule has 1 aliphatic rings. The van der Waals surface area contributed by atoms with E-state index in [1.807, 2.05) is 60.7 Å². The Labute approximate surface area is 223 Å². The highest BCUT2D eigenvalue weighted by Gasteiger charge is 2.19. The molecule has 4 rings (SSSR count). The van der Waals surface area contributed by atoms with E-state index in [9.17, 15) is 4.79 Å². The molecular formula is C27H30Cl3N3O2. The van der Waals surface area contributed by atoms with Crippen molar-refractivity contribution in [3.8, 4) is 16.9 Å². The van der Waals surface area contributed by atoms with Gasteiger partial charge in [0.05, 0.1) is 15.7 Å². The zero-order valence-electron chi connectivity index (χ0n) is 19.5. The summed E-state index contributed by atoms with van der Waals surface area (Å²) in [6.07, 6.45) is 1.51. The Kier molecular flexibility index (Phi) is 10.5. The zero-order chi connectivity index (χ0) is 23.8. The minimum atomic E-state index is -0.417. The van der Waals surface area contributed by atoms with Gasteiger partial charge in [-0.1, -0.05) is 71.7 Å². The maximum atomic E-state index is 12.1. The second-order valence-corrected chi connectivity index (χ2v) is 9.10. The van der Waals surface area contributed by atoms with E-state index in [-0.39, 0.29) is 12.4 Å². The maximum Gasteiger partial charge on any atom is 0.412 e.